The van der Waals surface area contributed by atoms with Crippen molar-refractivity contribution in [1.29, 1.82) is 0 Å². The van der Waals surface area contributed by atoms with Gasteiger partial charge >= 0.3 is 0 Å². The van der Waals surface area contributed by atoms with Gasteiger partial charge < -0.3 is 15.1 Å². The number of hydrogen-bond donors (Lipinski definition) is 1. The van der Waals surface area contributed by atoms with Crippen molar-refractivity contribution in [3.63, 3.8) is 0 Å². The molecule has 0 atom stereocenters. The zero-order valence-electron chi connectivity index (χ0n) is 14.1. The van der Waals surface area contributed by atoms with E-state index in [1.54, 1.807) is 0 Å². The molecule has 2 saturated carbocycles. The first-order valence-electron chi connectivity index (χ1n) is 9.45. The number of hydrogen-bond acceptors (Lipinski definition) is 3. The summed E-state index contributed by atoms with van der Waals surface area (Å²) in [5.74, 6) is 1.05. The molecule has 0 bridgehead atoms. The summed E-state index contributed by atoms with van der Waals surface area (Å²) in [5.41, 5.74) is 0.591. The Balaban J connectivity index is 1.42. The SMILES string of the molecule is CCCNCC1(CN2CCN(CC3CC3)CC2)CCCC1. The molecule has 3 heteroatoms. The minimum absolute atomic E-state index is 0.591. The molecule has 0 aromatic carbocycles. The fraction of sp³-hybridized carbons (Fsp3) is 1.00. The quantitative estimate of drug-likeness (QED) is 0.694. The summed E-state index contributed by atoms with van der Waals surface area (Å²) >= 11 is 0. The average molecular weight is 293 g/mol. The fourth-order valence-electron chi connectivity index (χ4n) is 4.32. The van der Waals surface area contributed by atoms with E-state index in [1.165, 1.54) is 97.3 Å². The highest BCUT2D eigenvalue weighted by molar-refractivity contribution is 4.91. The van der Waals surface area contributed by atoms with Crippen LogP contribution in [0.1, 0.15) is 51.9 Å². The third-order valence-corrected chi connectivity index (χ3v) is 5.83. The Labute approximate surface area is 131 Å². The van der Waals surface area contributed by atoms with Crippen LogP contribution in [0.2, 0.25) is 0 Å². The highest BCUT2D eigenvalue weighted by Crippen LogP contribution is 2.38. The molecule has 0 amide bonds. The van der Waals surface area contributed by atoms with Crippen LogP contribution in [0.4, 0.5) is 0 Å². The van der Waals surface area contributed by atoms with Crippen LogP contribution in [-0.4, -0.2) is 62.2 Å². The van der Waals surface area contributed by atoms with E-state index in [9.17, 15) is 0 Å². The van der Waals surface area contributed by atoms with Crippen molar-refractivity contribution >= 4 is 0 Å². The lowest BCUT2D eigenvalue weighted by atomic mass is 9.85. The Hall–Kier alpha value is -0.120. The van der Waals surface area contributed by atoms with Gasteiger partial charge in [-0.25, -0.2) is 0 Å². The van der Waals surface area contributed by atoms with E-state index in [0.29, 0.717) is 5.41 Å². The maximum absolute atomic E-state index is 3.71. The monoisotopic (exact) mass is 293 g/mol. The van der Waals surface area contributed by atoms with Gasteiger partial charge in [0.1, 0.15) is 0 Å². The van der Waals surface area contributed by atoms with Crippen LogP contribution in [0, 0.1) is 11.3 Å². The standard InChI is InChI=1S/C18H35N3/c1-2-9-19-15-18(7-3-4-8-18)16-21-12-10-20(11-13-21)14-17-5-6-17/h17,19H,2-16H2,1H3. The number of piperazine rings is 1. The maximum atomic E-state index is 3.71. The molecule has 3 fully saturated rings. The molecule has 0 spiro atoms. The molecule has 0 aromatic rings. The van der Waals surface area contributed by atoms with E-state index in [0.717, 1.165) is 5.92 Å². The molecule has 3 nitrogen and oxygen atoms in total. The molecule has 122 valence electrons. The Morgan fingerprint density at radius 3 is 2.29 bits per heavy atom. The Bertz CT molecular complexity index is 300. The van der Waals surface area contributed by atoms with Crippen LogP contribution in [0.5, 0.6) is 0 Å². The molecule has 21 heavy (non-hydrogen) atoms. The van der Waals surface area contributed by atoms with Gasteiger partial charge in [0, 0.05) is 45.8 Å². The molecule has 1 aliphatic heterocycles. The van der Waals surface area contributed by atoms with E-state index < -0.39 is 0 Å². The highest BCUT2D eigenvalue weighted by atomic mass is 15.3. The zero-order chi connectivity index (χ0) is 14.5. The van der Waals surface area contributed by atoms with Gasteiger partial charge in [0.2, 0.25) is 0 Å². The molecule has 3 rings (SSSR count). The van der Waals surface area contributed by atoms with Crippen molar-refractivity contribution in [2.24, 2.45) is 11.3 Å². The maximum Gasteiger partial charge on any atom is 0.0110 e. The lowest BCUT2D eigenvalue weighted by Gasteiger charge is -2.40. The summed E-state index contributed by atoms with van der Waals surface area (Å²) in [6.45, 7) is 12.7. The molecule has 0 unspecified atom stereocenters. The summed E-state index contributed by atoms with van der Waals surface area (Å²) in [4.78, 5) is 5.48. The molecule has 0 aromatic heterocycles. The second-order valence-electron chi connectivity index (χ2n) is 7.90. The lowest BCUT2D eigenvalue weighted by molar-refractivity contribution is 0.0830. The van der Waals surface area contributed by atoms with Crippen LogP contribution in [-0.2, 0) is 0 Å². The molecular formula is C18H35N3. The molecule has 1 heterocycles. The van der Waals surface area contributed by atoms with Gasteiger partial charge in [-0.1, -0.05) is 19.8 Å². The number of nitrogens with one attached hydrogen (secondary N) is 1. The van der Waals surface area contributed by atoms with Gasteiger partial charge in [0.05, 0.1) is 0 Å². The van der Waals surface area contributed by atoms with Crippen molar-refractivity contribution in [3.05, 3.63) is 0 Å². The summed E-state index contributed by atoms with van der Waals surface area (Å²) in [7, 11) is 0. The Kier molecular flexibility index (Phi) is 5.58. The minimum Gasteiger partial charge on any atom is -0.316 e. The van der Waals surface area contributed by atoms with Crippen LogP contribution < -0.4 is 5.32 Å². The second kappa shape index (κ2) is 7.43. The van der Waals surface area contributed by atoms with E-state index >= 15 is 0 Å². The third-order valence-electron chi connectivity index (χ3n) is 5.83. The average Bonchev–Trinajstić information content (AvgIpc) is 3.19. The van der Waals surface area contributed by atoms with Crippen molar-refractivity contribution < 1.29 is 0 Å². The van der Waals surface area contributed by atoms with E-state index in [-0.39, 0.29) is 0 Å². The largest absolute Gasteiger partial charge is 0.316 e. The van der Waals surface area contributed by atoms with Crippen LogP contribution in [0.15, 0.2) is 0 Å². The van der Waals surface area contributed by atoms with Gasteiger partial charge in [-0.2, -0.15) is 0 Å². The van der Waals surface area contributed by atoms with Crippen LogP contribution in [0.3, 0.4) is 0 Å². The molecule has 1 saturated heterocycles. The van der Waals surface area contributed by atoms with E-state index in [1.807, 2.05) is 0 Å². The van der Waals surface area contributed by atoms with Crippen molar-refractivity contribution in [1.82, 2.24) is 15.1 Å². The van der Waals surface area contributed by atoms with Gasteiger partial charge in [0.15, 0.2) is 0 Å². The van der Waals surface area contributed by atoms with Crippen LogP contribution >= 0.6 is 0 Å². The Morgan fingerprint density at radius 1 is 1.00 bits per heavy atom. The summed E-state index contributed by atoms with van der Waals surface area (Å²) in [6, 6.07) is 0. The first-order chi connectivity index (χ1) is 10.3. The smallest absolute Gasteiger partial charge is 0.0110 e. The minimum atomic E-state index is 0.591. The molecule has 0 radical (unpaired) electrons. The van der Waals surface area contributed by atoms with Crippen LogP contribution in [0.25, 0.3) is 0 Å². The fourth-order valence-corrected chi connectivity index (χ4v) is 4.32. The molecule has 3 aliphatic rings. The van der Waals surface area contributed by atoms with E-state index in [2.05, 4.69) is 22.0 Å². The predicted molar refractivity (Wildman–Crippen MR) is 89.7 cm³/mol. The zero-order valence-corrected chi connectivity index (χ0v) is 14.1. The first kappa shape index (κ1) is 15.8. The highest BCUT2D eigenvalue weighted by Gasteiger charge is 2.36. The summed E-state index contributed by atoms with van der Waals surface area (Å²) in [6.07, 6.45) is 10.1. The normalized spacial score (nSPS) is 27.3. The van der Waals surface area contributed by atoms with Gasteiger partial charge in [-0.15, -0.1) is 0 Å². The van der Waals surface area contributed by atoms with E-state index in [4.69, 9.17) is 0 Å². The van der Waals surface area contributed by atoms with Gasteiger partial charge in [0.25, 0.3) is 0 Å². The lowest BCUT2D eigenvalue weighted by Crippen LogP contribution is -2.51. The first-order valence-corrected chi connectivity index (χ1v) is 9.45. The van der Waals surface area contributed by atoms with Crippen molar-refractivity contribution in [2.45, 2.75) is 51.9 Å². The van der Waals surface area contributed by atoms with Crippen molar-refractivity contribution in [2.75, 3.05) is 52.4 Å². The molecular weight excluding hydrogens is 258 g/mol. The van der Waals surface area contributed by atoms with Crippen molar-refractivity contribution in [3.8, 4) is 0 Å². The van der Waals surface area contributed by atoms with Gasteiger partial charge in [-0.05, 0) is 50.0 Å². The molecule has 1 N–H and O–H groups in total. The third kappa shape index (κ3) is 4.67. The predicted octanol–water partition coefficient (Wildman–Crippen LogP) is 2.57. The topological polar surface area (TPSA) is 18.5 Å². The number of rotatable bonds is 8. The Morgan fingerprint density at radius 2 is 1.67 bits per heavy atom. The van der Waals surface area contributed by atoms with Gasteiger partial charge in [-0.3, -0.25) is 0 Å². The second-order valence-corrected chi connectivity index (χ2v) is 7.90. The number of nitrogens with zero attached hydrogens (tertiary/aromatic N) is 2. The summed E-state index contributed by atoms with van der Waals surface area (Å²) < 4.78 is 0. The molecule has 2 aliphatic carbocycles. The summed E-state index contributed by atoms with van der Waals surface area (Å²) in [5, 5.41) is 3.71.